The zero-order valence-corrected chi connectivity index (χ0v) is 14.1. The van der Waals surface area contributed by atoms with Gasteiger partial charge in [-0.1, -0.05) is 0 Å². The molecule has 1 aromatic rings. The lowest BCUT2D eigenvalue weighted by Crippen LogP contribution is -2.41. The van der Waals surface area contributed by atoms with Gasteiger partial charge in [0.2, 0.25) is 11.5 Å². The van der Waals surface area contributed by atoms with Crippen molar-refractivity contribution in [2.75, 3.05) is 13.6 Å². The molecule has 1 atom stereocenters. The van der Waals surface area contributed by atoms with Crippen molar-refractivity contribution in [3.8, 4) is 0 Å². The zero-order valence-electron chi connectivity index (χ0n) is 12.5. The van der Waals surface area contributed by atoms with E-state index < -0.39 is 12.0 Å². The van der Waals surface area contributed by atoms with E-state index in [1.807, 2.05) is 18.1 Å². The first-order valence-corrected chi connectivity index (χ1v) is 7.91. The van der Waals surface area contributed by atoms with Crippen molar-refractivity contribution in [3.63, 3.8) is 0 Å². The molecule has 0 bridgehead atoms. The SMILES string of the molecule is C[N+]12C=CN=CC1=C(N1CCn3c(nnc3C(F)(F)F)C1)N=C2Br. The smallest absolute Gasteiger partial charge is 0.342 e. The molecule has 24 heavy (non-hydrogen) atoms. The van der Waals surface area contributed by atoms with Crippen LogP contribution in [-0.4, -0.2) is 48.7 Å². The number of rotatable bonds is 1. The van der Waals surface area contributed by atoms with Gasteiger partial charge in [-0.2, -0.15) is 18.2 Å². The molecule has 0 fully saturated rings. The fourth-order valence-electron chi connectivity index (χ4n) is 2.94. The number of hydrogen-bond acceptors (Lipinski definition) is 5. The standard InChI is InChI=1S/C13H12BrF3N7/c1-24-5-2-18-6-8(24)10(19-12(24)14)22-3-4-23-9(7-22)20-21-11(23)13(15,16)17/h2,5-6H,3-4,7H2,1H3/q+1. The van der Waals surface area contributed by atoms with E-state index in [0.29, 0.717) is 21.6 Å². The molecular weight excluding hydrogens is 391 g/mol. The third kappa shape index (κ3) is 2.14. The molecule has 4 heterocycles. The van der Waals surface area contributed by atoms with Crippen LogP contribution in [0.3, 0.4) is 0 Å². The molecular formula is C13H12BrF3N7+. The highest BCUT2D eigenvalue weighted by Gasteiger charge is 2.44. The Bertz CT molecular complexity index is 835. The van der Waals surface area contributed by atoms with E-state index in [-0.39, 0.29) is 18.9 Å². The maximum absolute atomic E-state index is 12.9. The molecule has 0 saturated carbocycles. The van der Waals surface area contributed by atoms with Crippen LogP contribution in [0.2, 0.25) is 0 Å². The van der Waals surface area contributed by atoms with Crippen molar-refractivity contribution in [1.82, 2.24) is 19.7 Å². The normalized spacial score (nSPS) is 25.9. The Balaban J connectivity index is 1.69. The van der Waals surface area contributed by atoms with Crippen molar-refractivity contribution in [2.24, 2.45) is 9.98 Å². The molecule has 0 N–H and O–H groups in total. The number of hydrogen-bond donors (Lipinski definition) is 0. The van der Waals surface area contributed by atoms with Crippen LogP contribution in [0.1, 0.15) is 11.6 Å². The van der Waals surface area contributed by atoms with Crippen molar-refractivity contribution >= 4 is 26.9 Å². The van der Waals surface area contributed by atoms with Gasteiger partial charge in [0.1, 0.15) is 6.20 Å². The highest BCUT2D eigenvalue weighted by atomic mass is 79.9. The van der Waals surface area contributed by atoms with Gasteiger partial charge >= 0.3 is 6.18 Å². The molecule has 4 rings (SSSR count). The Morgan fingerprint density at radius 2 is 2.04 bits per heavy atom. The Morgan fingerprint density at radius 3 is 2.79 bits per heavy atom. The van der Waals surface area contributed by atoms with Crippen molar-refractivity contribution in [2.45, 2.75) is 19.3 Å². The average molecular weight is 403 g/mol. The third-order valence-corrected chi connectivity index (χ3v) is 5.18. The lowest BCUT2D eigenvalue weighted by atomic mass is 10.3. The molecule has 1 aromatic heterocycles. The van der Waals surface area contributed by atoms with E-state index in [9.17, 15) is 13.2 Å². The maximum atomic E-state index is 12.9. The minimum atomic E-state index is -4.50. The van der Waals surface area contributed by atoms with Crippen molar-refractivity contribution in [3.05, 3.63) is 35.6 Å². The zero-order chi connectivity index (χ0) is 17.1. The molecule has 7 nitrogen and oxygen atoms in total. The molecule has 0 amide bonds. The van der Waals surface area contributed by atoms with Gasteiger partial charge in [0.15, 0.2) is 11.6 Å². The maximum Gasteiger partial charge on any atom is 0.451 e. The van der Waals surface area contributed by atoms with E-state index in [2.05, 4.69) is 36.1 Å². The molecule has 0 aliphatic carbocycles. The number of alkyl halides is 3. The first-order chi connectivity index (χ1) is 11.3. The molecule has 11 heteroatoms. The van der Waals surface area contributed by atoms with Gasteiger partial charge in [0, 0.05) is 29.0 Å². The predicted molar refractivity (Wildman–Crippen MR) is 82.6 cm³/mol. The number of aliphatic imine (C=N–C) groups is 2. The number of aromatic nitrogens is 3. The van der Waals surface area contributed by atoms with Crippen LogP contribution in [0.5, 0.6) is 0 Å². The lowest BCUT2D eigenvalue weighted by molar-refractivity contribution is -0.709. The third-order valence-electron chi connectivity index (χ3n) is 4.26. The van der Waals surface area contributed by atoms with Crippen LogP contribution in [0, 0.1) is 0 Å². The summed E-state index contributed by atoms with van der Waals surface area (Å²) in [5.74, 6) is 0.00589. The molecule has 1 unspecified atom stereocenters. The second-order valence-electron chi connectivity index (χ2n) is 5.75. The van der Waals surface area contributed by atoms with Crippen molar-refractivity contribution in [1.29, 1.82) is 0 Å². The Labute approximate surface area is 143 Å². The summed E-state index contributed by atoms with van der Waals surface area (Å²) in [6.07, 6.45) is 0.781. The molecule has 126 valence electrons. The molecule has 0 spiro atoms. The second-order valence-corrected chi connectivity index (χ2v) is 6.46. The van der Waals surface area contributed by atoms with Gasteiger partial charge in [-0.15, -0.1) is 10.2 Å². The van der Waals surface area contributed by atoms with Gasteiger partial charge in [-0.05, 0) is 0 Å². The molecule has 0 aromatic carbocycles. The van der Waals surface area contributed by atoms with Gasteiger partial charge in [0.05, 0.1) is 26.0 Å². The minimum absolute atomic E-state index is 0.151. The van der Waals surface area contributed by atoms with Gasteiger partial charge in [-0.3, -0.25) is 4.99 Å². The van der Waals surface area contributed by atoms with Crippen molar-refractivity contribution < 1.29 is 17.7 Å². The first-order valence-electron chi connectivity index (χ1n) is 7.11. The fraction of sp³-hybridized carbons (Fsp3) is 0.385. The molecule has 3 aliphatic heterocycles. The summed E-state index contributed by atoms with van der Waals surface area (Å²) in [4.78, 5) is 10.6. The van der Waals surface area contributed by atoms with E-state index in [1.54, 1.807) is 12.4 Å². The number of amidine groups is 1. The quantitative estimate of drug-likeness (QED) is 0.533. The summed E-state index contributed by atoms with van der Waals surface area (Å²) >= 11 is 3.46. The second kappa shape index (κ2) is 4.99. The minimum Gasteiger partial charge on any atom is -0.342 e. The highest BCUT2D eigenvalue weighted by molar-refractivity contribution is 9.18. The summed E-state index contributed by atoms with van der Waals surface area (Å²) in [7, 11) is 1.95. The topological polar surface area (TPSA) is 58.7 Å². The number of allylic oxidation sites excluding steroid dienone is 1. The largest absolute Gasteiger partial charge is 0.451 e. The Hall–Kier alpha value is -2.01. The number of nitrogens with zero attached hydrogens (tertiary/aromatic N) is 7. The lowest BCUT2D eigenvalue weighted by Gasteiger charge is -2.30. The number of halogens is 4. The summed E-state index contributed by atoms with van der Waals surface area (Å²) in [5.41, 5.74) is 0.855. The molecule has 0 saturated heterocycles. The molecule has 3 aliphatic rings. The Morgan fingerprint density at radius 1 is 1.25 bits per heavy atom. The van der Waals surface area contributed by atoms with E-state index >= 15 is 0 Å². The summed E-state index contributed by atoms with van der Waals surface area (Å²) < 4.78 is 40.9. The monoisotopic (exact) mass is 402 g/mol. The fourth-order valence-corrected chi connectivity index (χ4v) is 3.42. The Kier molecular flexibility index (Phi) is 3.23. The average Bonchev–Trinajstić information content (AvgIpc) is 3.06. The number of fused-ring (bicyclic) bond motifs is 2. The highest BCUT2D eigenvalue weighted by Crippen LogP contribution is 2.36. The first kappa shape index (κ1) is 15.5. The van der Waals surface area contributed by atoms with Crippen LogP contribution in [0.4, 0.5) is 13.2 Å². The summed E-state index contributed by atoms with van der Waals surface area (Å²) in [6, 6.07) is 0. The van der Waals surface area contributed by atoms with Crippen LogP contribution < -0.4 is 0 Å². The van der Waals surface area contributed by atoms with Crippen LogP contribution in [0.15, 0.2) is 33.9 Å². The summed E-state index contributed by atoms with van der Waals surface area (Å²) in [5, 5.41) is 7.00. The summed E-state index contributed by atoms with van der Waals surface area (Å²) in [6.45, 7) is 0.745. The van der Waals surface area contributed by atoms with E-state index in [0.717, 1.165) is 10.3 Å². The molecule has 0 radical (unpaired) electrons. The predicted octanol–water partition coefficient (Wildman–Crippen LogP) is 2.05. The van der Waals surface area contributed by atoms with Gasteiger partial charge in [0.25, 0.3) is 4.74 Å². The van der Waals surface area contributed by atoms with Crippen LogP contribution >= 0.6 is 15.9 Å². The van der Waals surface area contributed by atoms with Crippen LogP contribution in [-0.2, 0) is 19.3 Å². The number of quaternary nitrogens is 1. The van der Waals surface area contributed by atoms with E-state index in [1.165, 1.54) is 0 Å². The van der Waals surface area contributed by atoms with Crippen LogP contribution in [0.25, 0.3) is 0 Å². The van der Waals surface area contributed by atoms with Gasteiger partial charge in [-0.25, -0.2) is 4.48 Å². The van der Waals surface area contributed by atoms with Gasteiger partial charge < -0.3 is 9.47 Å². The van der Waals surface area contributed by atoms with E-state index in [4.69, 9.17) is 0 Å².